The lowest BCUT2D eigenvalue weighted by atomic mass is 10.1. The lowest BCUT2D eigenvalue weighted by Gasteiger charge is -2.09. The highest BCUT2D eigenvalue weighted by Crippen LogP contribution is 2.25. The number of halogens is 3. The molecule has 0 aliphatic heterocycles. The number of rotatable bonds is 6. The van der Waals surface area contributed by atoms with Crippen molar-refractivity contribution in [1.82, 2.24) is 5.32 Å². The number of nitriles is 1. The van der Waals surface area contributed by atoms with Gasteiger partial charge in [0, 0.05) is 16.6 Å². The van der Waals surface area contributed by atoms with Crippen LogP contribution in [0.3, 0.4) is 0 Å². The Kier molecular flexibility index (Phi) is 6.74. The molecule has 0 saturated carbocycles. The van der Waals surface area contributed by atoms with E-state index in [1.54, 1.807) is 24.3 Å². The third-order valence-electron chi connectivity index (χ3n) is 3.15. The number of ether oxygens (including phenoxy) is 1. The largest absolute Gasteiger partial charge is 0.482 e. The van der Waals surface area contributed by atoms with Crippen LogP contribution in [0.15, 0.2) is 36.4 Å². The van der Waals surface area contributed by atoms with E-state index in [-0.39, 0.29) is 17.5 Å². The fourth-order valence-corrected chi connectivity index (χ4v) is 2.68. The standard InChI is InChI=1S/C17H13Cl3N2O2/c18-13-3-2-12(14(19)8-13)5-6-22-17(23)10-24-16-4-1-11(9-21)7-15(16)20/h1-4,7-8H,5-6,10H2,(H,22,23). The molecule has 0 heterocycles. The molecular weight excluding hydrogens is 371 g/mol. The second-order valence-corrected chi connectivity index (χ2v) is 6.13. The van der Waals surface area contributed by atoms with Crippen LogP contribution in [0.4, 0.5) is 0 Å². The summed E-state index contributed by atoms with van der Waals surface area (Å²) in [6.45, 7) is 0.255. The molecule has 0 saturated heterocycles. The van der Waals surface area contributed by atoms with Gasteiger partial charge in [0.05, 0.1) is 16.7 Å². The molecule has 24 heavy (non-hydrogen) atoms. The molecular formula is C17H13Cl3N2O2. The van der Waals surface area contributed by atoms with Crippen molar-refractivity contribution in [3.63, 3.8) is 0 Å². The van der Waals surface area contributed by atoms with Crippen LogP contribution < -0.4 is 10.1 Å². The second-order valence-electron chi connectivity index (χ2n) is 4.88. The Morgan fingerprint density at radius 1 is 1.12 bits per heavy atom. The second kappa shape index (κ2) is 8.79. The van der Waals surface area contributed by atoms with Crippen molar-refractivity contribution in [2.45, 2.75) is 6.42 Å². The third-order valence-corrected chi connectivity index (χ3v) is 4.03. The lowest BCUT2D eigenvalue weighted by Crippen LogP contribution is -2.30. The molecule has 7 heteroatoms. The molecule has 1 N–H and O–H groups in total. The molecule has 0 radical (unpaired) electrons. The molecule has 4 nitrogen and oxygen atoms in total. The predicted molar refractivity (Wildman–Crippen MR) is 94.8 cm³/mol. The van der Waals surface area contributed by atoms with Gasteiger partial charge >= 0.3 is 0 Å². The van der Waals surface area contributed by atoms with Gasteiger partial charge in [0.25, 0.3) is 5.91 Å². The summed E-state index contributed by atoms with van der Waals surface area (Å²) in [7, 11) is 0. The van der Waals surface area contributed by atoms with E-state index < -0.39 is 0 Å². The molecule has 0 aromatic heterocycles. The predicted octanol–water partition coefficient (Wildman–Crippen LogP) is 4.26. The average Bonchev–Trinajstić information content (AvgIpc) is 2.55. The summed E-state index contributed by atoms with van der Waals surface area (Å²) in [6, 6.07) is 11.8. The highest BCUT2D eigenvalue weighted by molar-refractivity contribution is 6.35. The van der Waals surface area contributed by atoms with Gasteiger partial charge in [0.15, 0.2) is 6.61 Å². The molecule has 0 aliphatic rings. The van der Waals surface area contributed by atoms with Crippen molar-refractivity contribution < 1.29 is 9.53 Å². The number of amides is 1. The van der Waals surface area contributed by atoms with Gasteiger partial charge in [-0.05, 0) is 42.3 Å². The van der Waals surface area contributed by atoms with Gasteiger partial charge in [-0.25, -0.2) is 0 Å². The minimum atomic E-state index is -0.277. The Labute approximate surface area is 154 Å². The van der Waals surface area contributed by atoms with Crippen LogP contribution in [0.2, 0.25) is 15.1 Å². The zero-order chi connectivity index (χ0) is 17.5. The minimum Gasteiger partial charge on any atom is -0.482 e. The maximum Gasteiger partial charge on any atom is 0.257 e. The maximum atomic E-state index is 11.8. The smallest absolute Gasteiger partial charge is 0.257 e. The Morgan fingerprint density at radius 2 is 1.92 bits per heavy atom. The summed E-state index contributed by atoms with van der Waals surface area (Å²) < 4.78 is 5.34. The summed E-state index contributed by atoms with van der Waals surface area (Å²) in [6.07, 6.45) is 0.583. The van der Waals surface area contributed by atoms with E-state index in [4.69, 9.17) is 44.8 Å². The molecule has 0 bridgehead atoms. The van der Waals surface area contributed by atoms with Crippen molar-refractivity contribution in [3.05, 3.63) is 62.6 Å². The first-order valence-electron chi connectivity index (χ1n) is 7.02. The Bertz CT molecular complexity index is 788. The van der Waals surface area contributed by atoms with E-state index in [0.717, 1.165) is 5.56 Å². The monoisotopic (exact) mass is 382 g/mol. The average molecular weight is 384 g/mol. The SMILES string of the molecule is N#Cc1ccc(OCC(=O)NCCc2ccc(Cl)cc2Cl)c(Cl)c1. The normalized spacial score (nSPS) is 10.1. The van der Waals surface area contributed by atoms with Gasteiger partial charge in [0.2, 0.25) is 0 Å². The molecule has 0 atom stereocenters. The van der Waals surface area contributed by atoms with Crippen LogP contribution in [-0.4, -0.2) is 19.1 Å². The van der Waals surface area contributed by atoms with Gasteiger partial charge in [-0.15, -0.1) is 0 Å². The first kappa shape index (κ1) is 18.4. The fourth-order valence-electron chi connectivity index (χ4n) is 1.94. The molecule has 0 aliphatic carbocycles. The van der Waals surface area contributed by atoms with Crippen LogP contribution in [-0.2, 0) is 11.2 Å². The van der Waals surface area contributed by atoms with Crippen molar-refractivity contribution >= 4 is 40.7 Å². The number of hydrogen-bond acceptors (Lipinski definition) is 3. The summed E-state index contributed by atoms with van der Waals surface area (Å²) in [5, 5.41) is 12.9. The van der Waals surface area contributed by atoms with Crippen LogP contribution >= 0.6 is 34.8 Å². The number of benzene rings is 2. The van der Waals surface area contributed by atoms with Crippen LogP contribution in [0.5, 0.6) is 5.75 Å². The van der Waals surface area contributed by atoms with Gasteiger partial charge in [-0.3, -0.25) is 4.79 Å². The zero-order valence-electron chi connectivity index (χ0n) is 12.5. The van der Waals surface area contributed by atoms with Crippen LogP contribution in [0.25, 0.3) is 0 Å². The van der Waals surface area contributed by atoms with Crippen LogP contribution in [0.1, 0.15) is 11.1 Å². The van der Waals surface area contributed by atoms with Gasteiger partial charge < -0.3 is 10.1 Å². The van der Waals surface area contributed by atoms with E-state index >= 15 is 0 Å². The quantitative estimate of drug-likeness (QED) is 0.811. The molecule has 2 aromatic carbocycles. The number of nitrogens with one attached hydrogen (secondary N) is 1. The summed E-state index contributed by atoms with van der Waals surface area (Å²) in [5.74, 6) is 0.0760. The first-order valence-corrected chi connectivity index (χ1v) is 8.16. The molecule has 0 unspecified atom stereocenters. The summed E-state index contributed by atoms with van der Waals surface area (Å²) >= 11 is 17.9. The van der Waals surface area contributed by atoms with Crippen molar-refractivity contribution in [3.8, 4) is 11.8 Å². The lowest BCUT2D eigenvalue weighted by molar-refractivity contribution is -0.123. The van der Waals surface area contributed by atoms with Gasteiger partial charge in [0.1, 0.15) is 5.75 Å². The Hall–Kier alpha value is -1.93. The number of carbonyl (C=O) groups is 1. The number of hydrogen-bond donors (Lipinski definition) is 1. The van der Waals surface area contributed by atoms with Crippen molar-refractivity contribution in [2.24, 2.45) is 0 Å². The number of nitrogens with zero attached hydrogens (tertiary/aromatic N) is 1. The highest BCUT2D eigenvalue weighted by Gasteiger charge is 2.07. The molecule has 0 fully saturated rings. The minimum absolute atomic E-state index is 0.167. The first-order chi connectivity index (χ1) is 11.5. The highest BCUT2D eigenvalue weighted by atomic mass is 35.5. The fraction of sp³-hybridized carbons (Fsp3) is 0.176. The van der Waals surface area contributed by atoms with Gasteiger partial charge in [-0.1, -0.05) is 40.9 Å². The number of carbonyl (C=O) groups excluding carboxylic acids is 1. The zero-order valence-corrected chi connectivity index (χ0v) is 14.8. The van der Waals surface area contributed by atoms with E-state index in [0.29, 0.717) is 34.3 Å². The molecule has 2 rings (SSSR count). The topological polar surface area (TPSA) is 62.1 Å². The van der Waals surface area contributed by atoms with Gasteiger partial charge in [-0.2, -0.15) is 5.26 Å². The van der Waals surface area contributed by atoms with E-state index in [1.165, 1.54) is 6.07 Å². The van der Waals surface area contributed by atoms with Crippen molar-refractivity contribution in [2.75, 3.05) is 13.2 Å². The van der Waals surface area contributed by atoms with Crippen molar-refractivity contribution in [1.29, 1.82) is 5.26 Å². The molecule has 0 spiro atoms. The summed E-state index contributed by atoms with van der Waals surface area (Å²) in [5.41, 5.74) is 1.33. The molecule has 124 valence electrons. The third kappa shape index (κ3) is 5.31. The van der Waals surface area contributed by atoms with Crippen LogP contribution in [0, 0.1) is 11.3 Å². The summed E-state index contributed by atoms with van der Waals surface area (Å²) in [4.78, 5) is 11.8. The Morgan fingerprint density at radius 3 is 2.58 bits per heavy atom. The molecule has 2 aromatic rings. The Balaban J connectivity index is 1.78. The maximum absolute atomic E-state index is 11.8. The van der Waals surface area contributed by atoms with E-state index in [2.05, 4.69) is 5.32 Å². The van der Waals surface area contributed by atoms with E-state index in [9.17, 15) is 4.79 Å². The van der Waals surface area contributed by atoms with E-state index in [1.807, 2.05) is 12.1 Å². The molecule has 1 amide bonds.